The van der Waals surface area contributed by atoms with Crippen molar-refractivity contribution in [3.63, 3.8) is 0 Å². The van der Waals surface area contributed by atoms with Gasteiger partial charge in [0.1, 0.15) is 0 Å². The molecule has 0 spiro atoms. The van der Waals surface area contributed by atoms with Crippen LogP contribution in [0.5, 0.6) is 0 Å². The number of H-pyrrole nitrogens is 1. The van der Waals surface area contributed by atoms with Gasteiger partial charge in [-0.15, -0.1) is 0 Å². The molecule has 0 aliphatic heterocycles. The highest BCUT2D eigenvalue weighted by Crippen LogP contribution is 2.13. The van der Waals surface area contributed by atoms with Crippen LogP contribution in [0.3, 0.4) is 0 Å². The van der Waals surface area contributed by atoms with E-state index in [1.165, 1.54) is 108 Å². The molecule has 30 heavy (non-hydrogen) atoms. The van der Waals surface area contributed by atoms with Gasteiger partial charge in [-0.05, 0) is 57.1 Å². The van der Waals surface area contributed by atoms with E-state index in [0.717, 1.165) is 25.5 Å². The summed E-state index contributed by atoms with van der Waals surface area (Å²) in [5.41, 5.74) is 1.86. The lowest BCUT2D eigenvalue weighted by Gasteiger charge is -2.02. The van der Waals surface area contributed by atoms with Crippen molar-refractivity contribution in [2.45, 2.75) is 122 Å². The second-order valence-electron chi connectivity index (χ2n) is 8.57. The van der Waals surface area contributed by atoms with Crippen LogP contribution in [0, 0.1) is 11.3 Å². The van der Waals surface area contributed by atoms with E-state index in [4.69, 9.17) is 5.26 Å². The molecule has 1 N–H and O–H groups in total. The lowest BCUT2D eigenvalue weighted by atomic mass is 10.0. The topological polar surface area (TPSA) is 56.6 Å². The Morgan fingerprint density at radius 1 is 0.700 bits per heavy atom. The van der Waals surface area contributed by atoms with E-state index in [2.05, 4.69) is 23.2 Å². The van der Waals surface area contributed by atoms with Gasteiger partial charge in [0.2, 0.25) is 0 Å². The minimum Gasteiger partial charge on any atom is -0.356 e. The fourth-order valence-electron chi connectivity index (χ4n) is 3.90. The number of carbonyl (C=O) groups excluding carboxylic acids is 1. The van der Waals surface area contributed by atoms with Crippen molar-refractivity contribution in [2.75, 3.05) is 0 Å². The van der Waals surface area contributed by atoms with Crippen LogP contribution in [0.2, 0.25) is 0 Å². The number of nitrogens with zero attached hydrogens (tertiary/aromatic N) is 1. The van der Waals surface area contributed by atoms with Crippen LogP contribution in [-0.2, 0) is 6.42 Å². The quantitative estimate of drug-likeness (QED) is 0.125. The maximum atomic E-state index is 10.6. The minimum absolute atomic E-state index is 0.684. The number of aldehydes is 1. The van der Waals surface area contributed by atoms with E-state index in [-0.39, 0.29) is 0 Å². The molecule has 1 aromatic heterocycles. The summed E-state index contributed by atoms with van der Waals surface area (Å²) in [6.45, 7) is 0. The second kappa shape index (κ2) is 20.5. The second-order valence-corrected chi connectivity index (χ2v) is 8.57. The van der Waals surface area contributed by atoms with Gasteiger partial charge in [0, 0.05) is 12.1 Å². The Labute approximate surface area is 185 Å². The van der Waals surface area contributed by atoms with Gasteiger partial charge in [0.15, 0.2) is 6.29 Å². The molecule has 0 unspecified atom stereocenters. The van der Waals surface area contributed by atoms with Crippen molar-refractivity contribution in [1.29, 1.82) is 5.26 Å². The molecule has 0 saturated carbocycles. The molecule has 0 fully saturated rings. The molecule has 0 atom stereocenters. The summed E-state index contributed by atoms with van der Waals surface area (Å²) in [6.07, 6.45) is 29.6. The molecule has 0 radical (unpaired) electrons. The SMILES string of the molecule is N#CCCCCCCCCCCCCCCC=CCCCCCc1ccc(C=O)[nH]1. The van der Waals surface area contributed by atoms with Crippen molar-refractivity contribution in [1.82, 2.24) is 4.98 Å². The van der Waals surface area contributed by atoms with Crippen molar-refractivity contribution in [2.24, 2.45) is 0 Å². The summed E-state index contributed by atoms with van der Waals surface area (Å²) in [6, 6.07) is 6.10. The van der Waals surface area contributed by atoms with Crippen LogP contribution in [0.15, 0.2) is 24.3 Å². The third-order valence-electron chi connectivity index (χ3n) is 5.79. The van der Waals surface area contributed by atoms with Crippen LogP contribution >= 0.6 is 0 Å². The van der Waals surface area contributed by atoms with E-state index in [0.29, 0.717) is 5.69 Å². The van der Waals surface area contributed by atoms with E-state index >= 15 is 0 Å². The molecule has 3 nitrogen and oxygen atoms in total. The fourth-order valence-corrected chi connectivity index (χ4v) is 3.90. The molecule has 3 heteroatoms. The van der Waals surface area contributed by atoms with Gasteiger partial charge in [-0.1, -0.05) is 82.8 Å². The van der Waals surface area contributed by atoms with Gasteiger partial charge >= 0.3 is 0 Å². The Hall–Kier alpha value is -1.82. The highest BCUT2D eigenvalue weighted by molar-refractivity contribution is 5.71. The predicted molar refractivity (Wildman–Crippen MR) is 128 cm³/mol. The van der Waals surface area contributed by atoms with Crippen molar-refractivity contribution < 1.29 is 4.79 Å². The molecule has 168 valence electrons. The van der Waals surface area contributed by atoms with Gasteiger partial charge in [-0.25, -0.2) is 0 Å². The standard InChI is InChI=1S/C27H44N2O/c28-24-20-18-16-14-12-10-8-6-4-2-1-3-5-7-9-11-13-15-17-19-21-26-22-23-27(25-30)29-26/h9,11,22-23,25,29H,1-8,10,12-21H2. The zero-order chi connectivity index (χ0) is 21.5. The molecule has 1 rings (SSSR count). The number of unbranched alkanes of at least 4 members (excludes halogenated alkanes) is 16. The van der Waals surface area contributed by atoms with Gasteiger partial charge in [0.25, 0.3) is 0 Å². The van der Waals surface area contributed by atoms with Crippen LogP contribution in [0.25, 0.3) is 0 Å². The van der Waals surface area contributed by atoms with Gasteiger partial charge in [-0.3, -0.25) is 4.79 Å². The summed E-state index contributed by atoms with van der Waals surface area (Å²) in [5.74, 6) is 0. The lowest BCUT2D eigenvalue weighted by molar-refractivity contribution is 0.111. The largest absolute Gasteiger partial charge is 0.356 e. The maximum absolute atomic E-state index is 10.6. The Morgan fingerprint density at radius 3 is 1.70 bits per heavy atom. The first-order valence-corrected chi connectivity index (χ1v) is 12.5. The van der Waals surface area contributed by atoms with Crippen LogP contribution in [0.4, 0.5) is 0 Å². The monoisotopic (exact) mass is 412 g/mol. The summed E-state index contributed by atoms with van der Waals surface area (Å²) in [4.78, 5) is 13.8. The number of aromatic nitrogens is 1. The molecule has 0 aliphatic carbocycles. The highest BCUT2D eigenvalue weighted by Gasteiger charge is 1.97. The maximum Gasteiger partial charge on any atom is 0.166 e. The number of aryl methyl sites for hydroxylation is 1. The van der Waals surface area contributed by atoms with Gasteiger partial charge in [0.05, 0.1) is 11.8 Å². The van der Waals surface area contributed by atoms with Crippen LogP contribution in [0.1, 0.15) is 132 Å². The molecule has 0 aliphatic rings. The highest BCUT2D eigenvalue weighted by atomic mass is 16.1. The predicted octanol–water partition coefficient (Wildman–Crippen LogP) is 8.47. The summed E-state index contributed by atoms with van der Waals surface area (Å²) in [5, 5.41) is 8.49. The molecule has 0 aromatic carbocycles. The Balaban J connectivity index is 1.74. The molecule has 0 bridgehead atoms. The smallest absolute Gasteiger partial charge is 0.166 e. The minimum atomic E-state index is 0.684. The van der Waals surface area contributed by atoms with E-state index in [9.17, 15) is 4.79 Å². The van der Waals surface area contributed by atoms with Gasteiger partial charge < -0.3 is 4.98 Å². The molecular formula is C27H44N2O. The number of carbonyl (C=O) groups is 1. The Morgan fingerprint density at radius 2 is 1.20 bits per heavy atom. The first kappa shape index (κ1) is 26.2. The summed E-state index contributed by atoms with van der Waals surface area (Å²) in [7, 11) is 0. The molecule has 0 amide bonds. The van der Waals surface area contributed by atoms with Crippen molar-refractivity contribution in [3.05, 3.63) is 35.7 Å². The van der Waals surface area contributed by atoms with Crippen LogP contribution in [-0.4, -0.2) is 11.3 Å². The number of aromatic amines is 1. The van der Waals surface area contributed by atoms with Gasteiger partial charge in [-0.2, -0.15) is 5.26 Å². The zero-order valence-electron chi connectivity index (χ0n) is 19.2. The van der Waals surface area contributed by atoms with Crippen molar-refractivity contribution in [3.8, 4) is 6.07 Å². The lowest BCUT2D eigenvalue weighted by Crippen LogP contribution is -1.87. The van der Waals surface area contributed by atoms with Crippen molar-refractivity contribution >= 4 is 6.29 Å². The van der Waals surface area contributed by atoms with E-state index < -0.39 is 0 Å². The third-order valence-corrected chi connectivity index (χ3v) is 5.79. The van der Waals surface area contributed by atoms with E-state index in [1.807, 2.05) is 12.1 Å². The number of nitrogens with one attached hydrogen (secondary N) is 1. The van der Waals surface area contributed by atoms with E-state index in [1.54, 1.807) is 0 Å². The molecule has 0 saturated heterocycles. The first-order valence-electron chi connectivity index (χ1n) is 12.5. The molecular weight excluding hydrogens is 368 g/mol. The average Bonchev–Trinajstić information content (AvgIpc) is 3.23. The van der Waals surface area contributed by atoms with Crippen LogP contribution < -0.4 is 0 Å². The zero-order valence-corrected chi connectivity index (χ0v) is 19.2. The summed E-state index contributed by atoms with van der Waals surface area (Å²) >= 11 is 0. The fraction of sp³-hybridized carbons (Fsp3) is 0.704. The molecule has 1 aromatic rings. The summed E-state index contributed by atoms with van der Waals surface area (Å²) < 4.78 is 0. The Kier molecular flexibility index (Phi) is 17.9. The Bertz CT molecular complexity index is 582. The third kappa shape index (κ3) is 16.0. The average molecular weight is 413 g/mol. The first-order chi connectivity index (χ1) is 14.9. The number of rotatable bonds is 21. The number of nitriles is 1. The normalized spacial score (nSPS) is 11.2. The number of hydrogen-bond donors (Lipinski definition) is 1. The molecule has 1 heterocycles. The number of hydrogen-bond acceptors (Lipinski definition) is 2. The number of allylic oxidation sites excluding steroid dienone is 2.